The molecule has 0 saturated heterocycles. The van der Waals surface area contributed by atoms with Gasteiger partial charge in [0.05, 0.1) is 6.54 Å². The van der Waals surface area contributed by atoms with Crippen molar-refractivity contribution in [3.8, 4) is 5.75 Å². The van der Waals surface area contributed by atoms with Gasteiger partial charge in [0.2, 0.25) is 0 Å². The molecule has 106 valence electrons. The van der Waals surface area contributed by atoms with E-state index in [2.05, 4.69) is 28.8 Å². The first kappa shape index (κ1) is 15.7. The number of hydrogen-bond donors (Lipinski definition) is 3. The molecule has 0 amide bonds. The third-order valence-corrected chi connectivity index (χ3v) is 3.12. The minimum atomic E-state index is 0.318. The zero-order chi connectivity index (χ0) is 13.9. The van der Waals surface area contributed by atoms with Crippen LogP contribution in [-0.4, -0.2) is 42.7 Å². The normalized spacial score (nSPS) is 11.4. The maximum atomic E-state index is 9.39. The van der Waals surface area contributed by atoms with Crippen molar-refractivity contribution in [1.82, 2.24) is 10.6 Å². The number of hydrogen-bond acceptors (Lipinski definition) is 3. The molecule has 4 nitrogen and oxygen atoms in total. The van der Waals surface area contributed by atoms with Gasteiger partial charge in [0, 0.05) is 18.8 Å². The average Bonchev–Trinajstić information content (AvgIpc) is 2.39. The predicted molar refractivity (Wildman–Crippen MR) is 84.2 cm³/mol. The number of phenols is 1. The Kier molecular flexibility index (Phi) is 7.89. The summed E-state index contributed by atoms with van der Waals surface area (Å²) in [6, 6.07) is 7.35. The number of aliphatic imine (C=N–C) groups is 1. The Morgan fingerprint density at radius 2 is 2.21 bits per heavy atom. The van der Waals surface area contributed by atoms with Crippen molar-refractivity contribution in [2.75, 3.05) is 31.6 Å². The third kappa shape index (κ3) is 6.96. The van der Waals surface area contributed by atoms with Crippen molar-refractivity contribution in [2.45, 2.75) is 13.3 Å². The van der Waals surface area contributed by atoms with Crippen LogP contribution in [-0.2, 0) is 6.42 Å². The Bertz CT molecular complexity index is 396. The lowest BCUT2D eigenvalue weighted by molar-refractivity contribution is 0.474. The zero-order valence-corrected chi connectivity index (χ0v) is 12.5. The lowest BCUT2D eigenvalue weighted by Crippen LogP contribution is -2.38. The molecule has 0 fully saturated rings. The van der Waals surface area contributed by atoms with Gasteiger partial charge in [0.25, 0.3) is 0 Å². The molecular weight excluding hydrogens is 258 g/mol. The van der Waals surface area contributed by atoms with Gasteiger partial charge in [-0.25, -0.2) is 0 Å². The quantitative estimate of drug-likeness (QED) is 0.406. The summed E-state index contributed by atoms with van der Waals surface area (Å²) in [4.78, 5) is 4.48. The van der Waals surface area contributed by atoms with E-state index >= 15 is 0 Å². The molecule has 0 aliphatic heterocycles. The Morgan fingerprint density at radius 1 is 1.37 bits per heavy atom. The summed E-state index contributed by atoms with van der Waals surface area (Å²) in [5, 5.41) is 15.9. The standard InChI is InChI=1S/C14H23N3OS/c1-3-15-14(17-9-10-19-2)16-8-7-12-5-4-6-13(18)11-12/h4-6,11,18H,3,7-10H2,1-2H3,(H2,15,16,17). The van der Waals surface area contributed by atoms with E-state index in [1.807, 2.05) is 12.1 Å². The summed E-state index contributed by atoms with van der Waals surface area (Å²) in [5.41, 5.74) is 1.12. The highest BCUT2D eigenvalue weighted by molar-refractivity contribution is 7.98. The third-order valence-electron chi connectivity index (χ3n) is 2.53. The van der Waals surface area contributed by atoms with E-state index in [0.29, 0.717) is 5.75 Å². The van der Waals surface area contributed by atoms with Crippen molar-refractivity contribution < 1.29 is 5.11 Å². The van der Waals surface area contributed by atoms with Gasteiger partial charge >= 0.3 is 0 Å². The largest absolute Gasteiger partial charge is 0.508 e. The van der Waals surface area contributed by atoms with E-state index < -0.39 is 0 Å². The Labute approximate surface area is 119 Å². The number of guanidine groups is 1. The highest BCUT2D eigenvalue weighted by Gasteiger charge is 1.98. The molecule has 1 rings (SSSR count). The lowest BCUT2D eigenvalue weighted by atomic mass is 10.1. The minimum absolute atomic E-state index is 0.318. The molecule has 0 unspecified atom stereocenters. The summed E-state index contributed by atoms with van der Waals surface area (Å²) >= 11 is 1.79. The van der Waals surface area contributed by atoms with Crippen molar-refractivity contribution in [3.63, 3.8) is 0 Å². The molecule has 3 N–H and O–H groups in total. The van der Waals surface area contributed by atoms with E-state index in [-0.39, 0.29) is 0 Å². The van der Waals surface area contributed by atoms with Gasteiger partial charge in [-0.1, -0.05) is 12.1 Å². The number of nitrogens with zero attached hydrogens (tertiary/aromatic N) is 1. The molecule has 0 aliphatic rings. The van der Waals surface area contributed by atoms with E-state index in [9.17, 15) is 5.11 Å². The van der Waals surface area contributed by atoms with Crippen molar-refractivity contribution in [2.24, 2.45) is 4.99 Å². The molecule has 0 atom stereocenters. The van der Waals surface area contributed by atoms with Crippen LogP contribution < -0.4 is 10.6 Å². The fraction of sp³-hybridized carbons (Fsp3) is 0.500. The second-order valence-corrected chi connectivity index (χ2v) is 5.09. The first-order chi connectivity index (χ1) is 9.26. The molecule has 0 aliphatic carbocycles. The van der Waals surface area contributed by atoms with Crippen LogP contribution in [0.15, 0.2) is 29.3 Å². The molecule has 0 heterocycles. The molecular formula is C14H23N3OS. The predicted octanol–water partition coefficient (Wildman–Crippen LogP) is 1.85. The first-order valence-electron chi connectivity index (χ1n) is 6.55. The molecule has 0 saturated carbocycles. The lowest BCUT2D eigenvalue weighted by Gasteiger charge is -2.11. The summed E-state index contributed by atoms with van der Waals surface area (Å²) < 4.78 is 0. The van der Waals surface area contributed by atoms with Crippen LogP contribution in [0.5, 0.6) is 5.75 Å². The SMILES string of the molecule is CCNC(=NCCSC)NCCc1cccc(O)c1. The van der Waals surface area contributed by atoms with Crippen LogP contribution in [0.4, 0.5) is 0 Å². The van der Waals surface area contributed by atoms with Gasteiger partial charge in [0.15, 0.2) is 5.96 Å². The van der Waals surface area contributed by atoms with Gasteiger partial charge in [0.1, 0.15) is 5.75 Å². The van der Waals surface area contributed by atoms with E-state index in [1.165, 1.54) is 0 Å². The Hall–Kier alpha value is -1.36. The van der Waals surface area contributed by atoms with Gasteiger partial charge in [-0.3, -0.25) is 4.99 Å². The number of aromatic hydroxyl groups is 1. The van der Waals surface area contributed by atoms with Crippen LogP contribution in [0.25, 0.3) is 0 Å². The number of nitrogens with one attached hydrogen (secondary N) is 2. The summed E-state index contributed by atoms with van der Waals surface area (Å²) in [6.45, 7) is 4.54. The minimum Gasteiger partial charge on any atom is -0.508 e. The average molecular weight is 281 g/mol. The second kappa shape index (κ2) is 9.55. The topological polar surface area (TPSA) is 56.7 Å². The maximum Gasteiger partial charge on any atom is 0.191 e. The zero-order valence-electron chi connectivity index (χ0n) is 11.6. The van der Waals surface area contributed by atoms with Gasteiger partial charge < -0.3 is 15.7 Å². The summed E-state index contributed by atoms with van der Waals surface area (Å²) in [5.74, 6) is 2.21. The molecule has 0 spiro atoms. The maximum absolute atomic E-state index is 9.39. The van der Waals surface area contributed by atoms with E-state index in [1.54, 1.807) is 23.9 Å². The van der Waals surface area contributed by atoms with Crippen molar-refractivity contribution in [1.29, 1.82) is 0 Å². The first-order valence-corrected chi connectivity index (χ1v) is 7.94. The molecule has 1 aromatic rings. The number of benzene rings is 1. The number of rotatable bonds is 7. The van der Waals surface area contributed by atoms with Gasteiger partial charge in [-0.2, -0.15) is 11.8 Å². The van der Waals surface area contributed by atoms with Crippen LogP contribution in [0.2, 0.25) is 0 Å². The Morgan fingerprint density at radius 3 is 2.89 bits per heavy atom. The highest BCUT2D eigenvalue weighted by atomic mass is 32.2. The summed E-state index contributed by atoms with van der Waals surface area (Å²) in [6.07, 6.45) is 2.94. The van der Waals surface area contributed by atoms with Crippen molar-refractivity contribution in [3.05, 3.63) is 29.8 Å². The van der Waals surface area contributed by atoms with Gasteiger partial charge in [-0.15, -0.1) is 0 Å². The fourth-order valence-electron chi connectivity index (χ4n) is 1.63. The van der Waals surface area contributed by atoms with Crippen molar-refractivity contribution >= 4 is 17.7 Å². The van der Waals surface area contributed by atoms with E-state index in [0.717, 1.165) is 43.3 Å². The number of phenolic OH excluding ortho intramolecular Hbond substituents is 1. The van der Waals surface area contributed by atoms with E-state index in [4.69, 9.17) is 0 Å². The molecule has 0 bridgehead atoms. The molecule has 1 aromatic carbocycles. The second-order valence-electron chi connectivity index (χ2n) is 4.10. The monoisotopic (exact) mass is 281 g/mol. The molecule has 0 radical (unpaired) electrons. The van der Waals surface area contributed by atoms with Crippen LogP contribution in [0, 0.1) is 0 Å². The highest BCUT2D eigenvalue weighted by Crippen LogP contribution is 2.10. The van der Waals surface area contributed by atoms with Crippen LogP contribution in [0.3, 0.4) is 0 Å². The van der Waals surface area contributed by atoms with Crippen LogP contribution in [0.1, 0.15) is 12.5 Å². The van der Waals surface area contributed by atoms with Gasteiger partial charge in [-0.05, 0) is 37.3 Å². The smallest absolute Gasteiger partial charge is 0.191 e. The molecule has 19 heavy (non-hydrogen) atoms. The number of thioether (sulfide) groups is 1. The molecule has 0 aromatic heterocycles. The van der Waals surface area contributed by atoms with Crippen LogP contribution >= 0.6 is 11.8 Å². The Balaban J connectivity index is 2.37. The fourth-order valence-corrected chi connectivity index (χ4v) is 1.90. The summed E-state index contributed by atoms with van der Waals surface area (Å²) in [7, 11) is 0. The molecule has 5 heteroatoms.